The molecule has 1 unspecified atom stereocenters. The number of nitrogens with zero attached hydrogens (tertiary/aromatic N) is 2. The summed E-state index contributed by atoms with van der Waals surface area (Å²) in [5, 5.41) is 10.8. The van der Waals surface area contributed by atoms with E-state index in [1.165, 1.54) is 27.1 Å². The summed E-state index contributed by atoms with van der Waals surface area (Å²) < 4.78 is 14.5. The van der Waals surface area contributed by atoms with E-state index in [9.17, 15) is 9.50 Å². The van der Waals surface area contributed by atoms with Crippen LogP contribution >= 0.6 is 11.3 Å². The van der Waals surface area contributed by atoms with Gasteiger partial charge in [-0.1, -0.05) is 30.3 Å². The van der Waals surface area contributed by atoms with Gasteiger partial charge in [0.25, 0.3) is 0 Å². The van der Waals surface area contributed by atoms with Gasteiger partial charge in [0, 0.05) is 54.9 Å². The summed E-state index contributed by atoms with van der Waals surface area (Å²) in [5.41, 5.74) is 1.12. The Bertz CT molecular complexity index is 846. The zero-order valence-corrected chi connectivity index (χ0v) is 16.2. The van der Waals surface area contributed by atoms with Crippen LogP contribution in [0.2, 0.25) is 0 Å². The Hall–Kier alpha value is -1.79. The van der Waals surface area contributed by atoms with Crippen LogP contribution in [-0.4, -0.2) is 47.2 Å². The predicted molar refractivity (Wildman–Crippen MR) is 109 cm³/mol. The number of aliphatic hydroxyl groups excluding tert-OH is 1. The first-order valence-electron chi connectivity index (χ1n) is 9.50. The maximum atomic E-state index is 13.1. The Balaban J connectivity index is 1.41. The van der Waals surface area contributed by atoms with Crippen molar-refractivity contribution in [3.63, 3.8) is 0 Å². The predicted octanol–water partition coefficient (Wildman–Crippen LogP) is 4.11. The van der Waals surface area contributed by atoms with E-state index in [0.717, 1.165) is 44.7 Å². The minimum absolute atomic E-state index is 0.196. The maximum Gasteiger partial charge on any atom is 0.123 e. The quantitative estimate of drug-likeness (QED) is 0.693. The number of thiophene rings is 1. The molecule has 0 spiro atoms. The molecule has 2 aromatic carbocycles. The lowest BCUT2D eigenvalue weighted by Crippen LogP contribution is -2.52. The van der Waals surface area contributed by atoms with Gasteiger partial charge < -0.3 is 5.11 Å². The summed E-state index contributed by atoms with van der Waals surface area (Å²) >= 11 is 1.87. The summed E-state index contributed by atoms with van der Waals surface area (Å²) in [6, 6.07) is 17.9. The van der Waals surface area contributed by atoms with E-state index in [2.05, 4.69) is 40.1 Å². The summed E-state index contributed by atoms with van der Waals surface area (Å²) in [6.45, 7) is 4.90. The van der Waals surface area contributed by atoms with Crippen molar-refractivity contribution in [1.82, 2.24) is 9.80 Å². The Morgan fingerprint density at radius 1 is 1.04 bits per heavy atom. The van der Waals surface area contributed by atoms with Crippen molar-refractivity contribution in [1.29, 1.82) is 0 Å². The normalized spacial score (nSPS) is 19.0. The topological polar surface area (TPSA) is 26.7 Å². The van der Waals surface area contributed by atoms with Crippen molar-refractivity contribution in [3.8, 4) is 0 Å². The molecule has 3 aromatic rings. The average Bonchev–Trinajstić information content (AvgIpc) is 3.08. The second-order valence-corrected chi connectivity index (χ2v) is 8.42. The zero-order valence-electron chi connectivity index (χ0n) is 15.4. The molecule has 0 aliphatic carbocycles. The van der Waals surface area contributed by atoms with Crippen LogP contribution in [0.15, 0.2) is 54.6 Å². The molecule has 0 amide bonds. The van der Waals surface area contributed by atoms with Gasteiger partial charge in [-0.2, -0.15) is 0 Å². The van der Waals surface area contributed by atoms with Crippen LogP contribution in [0.4, 0.5) is 4.39 Å². The van der Waals surface area contributed by atoms with E-state index in [1.807, 2.05) is 23.5 Å². The van der Waals surface area contributed by atoms with Crippen LogP contribution in [-0.2, 0) is 13.1 Å². The minimum atomic E-state index is -0.196. The summed E-state index contributed by atoms with van der Waals surface area (Å²) in [5.74, 6) is -0.196. The monoisotopic (exact) mass is 384 g/mol. The number of benzene rings is 2. The van der Waals surface area contributed by atoms with Crippen LogP contribution in [0.3, 0.4) is 0 Å². The largest absolute Gasteiger partial charge is 0.396 e. The molecule has 142 valence electrons. The smallest absolute Gasteiger partial charge is 0.123 e. The van der Waals surface area contributed by atoms with Gasteiger partial charge in [-0.25, -0.2) is 4.39 Å². The molecule has 0 saturated carbocycles. The molecule has 1 atom stereocenters. The second kappa shape index (κ2) is 8.48. The molecule has 4 rings (SSSR count). The first kappa shape index (κ1) is 18.6. The van der Waals surface area contributed by atoms with Crippen molar-refractivity contribution in [2.45, 2.75) is 25.6 Å². The lowest BCUT2D eigenvalue weighted by atomic mass is 10.1. The van der Waals surface area contributed by atoms with Gasteiger partial charge in [0.05, 0.1) is 0 Å². The third-order valence-corrected chi connectivity index (χ3v) is 6.41. The van der Waals surface area contributed by atoms with Gasteiger partial charge in [-0.3, -0.25) is 9.80 Å². The zero-order chi connectivity index (χ0) is 18.6. The summed E-state index contributed by atoms with van der Waals surface area (Å²) in [7, 11) is 0. The SMILES string of the molecule is OCCC1CN(Cc2cc3ccccc3s2)CCN1Cc1ccc(F)cc1. The van der Waals surface area contributed by atoms with Crippen molar-refractivity contribution in [3.05, 3.63) is 70.9 Å². The van der Waals surface area contributed by atoms with E-state index in [-0.39, 0.29) is 12.4 Å². The van der Waals surface area contributed by atoms with Crippen molar-refractivity contribution in [2.24, 2.45) is 0 Å². The minimum Gasteiger partial charge on any atom is -0.396 e. The first-order chi connectivity index (χ1) is 13.2. The standard InChI is InChI=1S/C22H25FN2OS/c23-19-7-5-17(6-8-19)14-25-11-10-24(15-20(25)9-12-26)16-21-13-18-3-1-2-4-22(18)27-21/h1-8,13,20,26H,9-12,14-16H2. The third-order valence-electron chi connectivity index (χ3n) is 5.31. The molecule has 1 aromatic heterocycles. The molecule has 27 heavy (non-hydrogen) atoms. The van der Waals surface area contributed by atoms with Gasteiger partial charge in [0.15, 0.2) is 0 Å². The van der Waals surface area contributed by atoms with Crippen LogP contribution in [0.25, 0.3) is 10.1 Å². The third kappa shape index (κ3) is 4.55. The number of piperazine rings is 1. The van der Waals surface area contributed by atoms with Gasteiger partial charge in [0.2, 0.25) is 0 Å². The molecule has 0 bridgehead atoms. The highest BCUT2D eigenvalue weighted by Crippen LogP contribution is 2.27. The van der Waals surface area contributed by atoms with Gasteiger partial charge >= 0.3 is 0 Å². The van der Waals surface area contributed by atoms with E-state index < -0.39 is 0 Å². The van der Waals surface area contributed by atoms with E-state index in [0.29, 0.717) is 6.04 Å². The number of hydrogen-bond donors (Lipinski definition) is 1. The molecule has 1 aliphatic heterocycles. The fourth-order valence-electron chi connectivity index (χ4n) is 3.89. The number of fused-ring (bicyclic) bond motifs is 1. The highest BCUT2D eigenvalue weighted by Gasteiger charge is 2.27. The van der Waals surface area contributed by atoms with Gasteiger partial charge in [-0.05, 0) is 41.6 Å². The molecule has 3 nitrogen and oxygen atoms in total. The Kier molecular flexibility index (Phi) is 5.83. The highest BCUT2D eigenvalue weighted by atomic mass is 32.1. The van der Waals surface area contributed by atoms with Gasteiger partial charge in [-0.15, -0.1) is 11.3 Å². The second-order valence-electron chi connectivity index (χ2n) is 7.25. The number of halogens is 1. The fraction of sp³-hybridized carbons (Fsp3) is 0.364. The highest BCUT2D eigenvalue weighted by molar-refractivity contribution is 7.19. The van der Waals surface area contributed by atoms with Crippen molar-refractivity contribution >= 4 is 21.4 Å². The van der Waals surface area contributed by atoms with Crippen LogP contribution in [0, 0.1) is 5.82 Å². The Morgan fingerprint density at radius 3 is 2.63 bits per heavy atom. The summed E-state index contributed by atoms with van der Waals surface area (Å²) in [6.07, 6.45) is 0.768. The van der Waals surface area contributed by atoms with Crippen LogP contribution < -0.4 is 0 Å². The molecule has 1 aliphatic rings. The fourth-order valence-corrected chi connectivity index (χ4v) is 5.00. The molecule has 5 heteroatoms. The lowest BCUT2D eigenvalue weighted by Gasteiger charge is -2.41. The van der Waals surface area contributed by atoms with Crippen molar-refractivity contribution in [2.75, 3.05) is 26.2 Å². The maximum absolute atomic E-state index is 13.1. The molecule has 1 saturated heterocycles. The average molecular weight is 385 g/mol. The summed E-state index contributed by atoms with van der Waals surface area (Å²) in [4.78, 5) is 6.31. The number of aliphatic hydroxyl groups is 1. The van der Waals surface area contributed by atoms with E-state index >= 15 is 0 Å². The molecule has 1 N–H and O–H groups in total. The molecule has 1 fully saturated rings. The van der Waals surface area contributed by atoms with Crippen LogP contribution in [0.1, 0.15) is 16.9 Å². The van der Waals surface area contributed by atoms with E-state index in [1.54, 1.807) is 0 Å². The number of rotatable bonds is 6. The molecule has 0 radical (unpaired) electrons. The van der Waals surface area contributed by atoms with Crippen LogP contribution in [0.5, 0.6) is 0 Å². The Morgan fingerprint density at radius 2 is 1.85 bits per heavy atom. The lowest BCUT2D eigenvalue weighted by molar-refractivity contribution is 0.0504. The molecular weight excluding hydrogens is 359 g/mol. The molecular formula is C22H25FN2OS. The van der Waals surface area contributed by atoms with E-state index in [4.69, 9.17) is 0 Å². The Labute approximate surface area is 163 Å². The molecule has 2 heterocycles. The van der Waals surface area contributed by atoms with Gasteiger partial charge in [0.1, 0.15) is 5.82 Å². The number of hydrogen-bond acceptors (Lipinski definition) is 4. The first-order valence-corrected chi connectivity index (χ1v) is 10.3. The van der Waals surface area contributed by atoms with Crippen molar-refractivity contribution < 1.29 is 9.50 Å².